The summed E-state index contributed by atoms with van der Waals surface area (Å²) in [5, 5.41) is 9.28. The number of hydrogen-bond donors (Lipinski definition) is 2. The van der Waals surface area contributed by atoms with Crippen molar-refractivity contribution < 1.29 is 9.53 Å². The normalized spacial score (nSPS) is 11.9. The molecule has 0 aliphatic rings. The topological polar surface area (TPSA) is 79.9 Å². The van der Waals surface area contributed by atoms with Gasteiger partial charge in [-0.1, -0.05) is 11.6 Å². The molecule has 1 aromatic carbocycles. The third kappa shape index (κ3) is 3.68. The SMILES string of the molecule is C[C@H](Oc1ccc(Cl)cc1Br)C(=O)Nc1ncn[nH]1. The van der Waals surface area contributed by atoms with Gasteiger partial charge >= 0.3 is 0 Å². The highest BCUT2D eigenvalue weighted by Crippen LogP contribution is 2.28. The Morgan fingerprint density at radius 3 is 3.00 bits per heavy atom. The molecule has 19 heavy (non-hydrogen) atoms. The number of hydrogen-bond acceptors (Lipinski definition) is 4. The number of nitrogens with one attached hydrogen (secondary N) is 2. The third-order valence-corrected chi connectivity index (χ3v) is 3.08. The molecule has 1 aromatic heterocycles. The monoisotopic (exact) mass is 344 g/mol. The Labute approximate surface area is 122 Å². The third-order valence-electron chi connectivity index (χ3n) is 2.22. The van der Waals surface area contributed by atoms with E-state index in [1.54, 1.807) is 25.1 Å². The Hall–Kier alpha value is -1.60. The second kappa shape index (κ2) is 6.03. The van der Waals surface area contributed by atoms with Gasteiger partial charge in [0, 0.05) is 5.02 Å². The summed E-state index contributed by atoms with van der Waals surface area (Å²) in [6, 6.07) is 5.06. The minimum atomic E-state index is -0.692. The van der Waals surface area contributed by atoms with Crippen LogP contribution in [0.1, 0.15) is 6.92 Å². The molecule has 0 bridgehead atoms. The summed E-state index contributed by atoms with van der Waals surface area (Å²) in [7, 11) is 0. The molecular formula is C11H10BrClN4O2. The number of anilines is 1. The van der Waals surface area contributed by atoms with Crippen LogP contribution in [0.25, 0.3) is 0 Å². The van der Waals surface area contributed by atoms with E-state index in [1.165, 1.54) is 6.33 Å². The number of aromatic amines is 1. The number of carbonyl (C=O) groups excluding carboxylic acids is 1. The first-order chi connectivity index (χ1) is 9.06. The van der Waals surface area contributed by atoms with Crippen molar-refractivity contribution >= 4 is 39.4 Å². The summed E-state index contributed by atoms with van der Waals surface area (Å²) < 4.78 is 6.21. The second-order valence-corrected chi connectivity index (χ2v) is 4.95. The van der Waals surface area contributed by atoms with Crippen molar-refractivity contribution in [3.8, 4) is 5.75 Å². The number of amides is 1. The van der Waals surface area contributed by atoms with Crippen LogP contribution in [0.2, 0.25) is 5.02 Å². The fourth-order valence-electron chi connectivity index (χ4n) is 1.30. The summed E-state index contributed by atoms with van der Waals surface area (Å²) in [5.74, 6) is 0.471. The smallest absolute Gasteiger partial charge is 0.267 e. The van der Waals surface area contributed by atoms with Crippen molar-refractivity contribution in [2.75, 3.05) is 5.32 Å². The van der Waals surface area contributed by atoms with Crippen molar-refractivity contribution in [1.82, 2.24) is 15.2 Å². The van der Waals surface area contributed by atoms with Crippen LogP contribution in [0.3, 0.4) is 0 Å². The summed E-state index contributed by atoms with van der Waals surface area (Å²) in [5.41, 5.74) is 0. The summed E-state index contributed by atoms with van der Waals surface area (Å²) >= 11 is 9.14. The largest absolute Gasteiger partial charge is 0.480 e. The maximum Gasteiger partial charge on any atom is 0.267 e. The maximum atomic E-state index is 11.8. The number of halogens is 2. The second-order valence-electron chi connectivity index (χ2n) is 3.66. The van der Waals surface area contributed by atoms with E-state index in [2.05, 4.69) is 36.4 Å². The van der Waals surface area contributed by atoms with Gasteiger partial charge in [0.15, 0.2) is 6.10 Å². The molecule has 0 aliphatic carbocycles. The first-order valence-electron chi connectivity index (χ1n) is 5.34. The zero-order valence-corrected chi connectivity index (χ0v) is 12.2. The summed E-state index contributed by atoms with van der Waals surface area (Å²) in [4.78, 5) is 15.6. The fraction of sp³-hybridized carbons (Fsp3) is 0.182. The van der Waals surface area contributed by atoms with E-state index in [0.717, 1.165) is 0 Å². The number of aromatic nitrogens is 3. The first kappa shape index (κ1) is 13.8. The van der Waals surface area contributed by atoms with Gasteiger partial charge in [-0.15, -0.1) is 0 Å². The maximum absolute atomic E-state index is 11.8. The zero-order valence-electron chi connectivity index (χ0n) is 9.85. The van der Waals surface area contributed by atoms with Crippen molar-refractivity contribution in [3.05, 3.63) is 34.0 Å². The van der Waals surface area contributed by atoms with Crippen LogP contribution in [0, 0.1) is 0 Å². The molecule has 0 radical (unpaired) electrons. The fourth-order valence-corrected chi connectivity index (χ4v) is 2.07. The van der Waals surface area contributed by atoms with Gasteiger partial charge in [0.1, 0.15) is 12.1 Å². The lowest BCUT2D eigenvalue weighted by atomic mass is 10.3. The molecule has 0 fully saturated rings. The molecule has 8 heteroatoms. The van der Waals surface area contributed by atoms with Crippen molar-refractivity contribution in [1.29, 1.82) is 0 Å². The molecule has 6 nitrogen and oxygen atoms in total. The molecule has 2 aromatic rings. The molecular weight excluding hydrogens is 336 g/mol. The lowest BCUT2D eigenvalue weighted by Crippen LogP contribution is -2.30. The Morgan fingerprint density at radius 2 is 2.37 bits per heavy atom. The molecule has 0 unspecified atom stereocenters. The first-order valence-corrected chi connectivity index (χ1v) is 6.51. The van der Waals surface area contributed by atoms with Gasteiger partial charge in [-0.25, -0.2) is 5.10 Å². The minimum Gasteiger partial charge on any atom is -0.480 e. The lowest BCUT2D eigenvalue weighted by molar-refractivity contribution is -0.122. The van der Waals surface area contributed by atoms with Gasteiger partial charge in [0.2, 0.25) is 5.95 Å². The van der Waals surface area contributed by atoms with E-state index in [0.29, 0.717) is 15.2 Å². The number of rotatable bonds is 4. The number of ether oxygens (including phenoxy) is 1. The highest BCUT2D eigenvalue weighted by Gasteiger charge is 2.17. The van der Waals surface area contributed by atoms with E-state index in [9.17, 15) is 4.79 Å². The average Bonchev–Trinajstić information content (AvgIpc) is 2.85. The summed E-state index contributed by atoms with van der Waals surface area (Å²) in [6.07, 6.45) is 0.610. The molecule has 2 rings (SSSR count). The van der Waals surface area contributed by atoms with E-state index >= 15 is 0 Å². The lowest BCUT2D eigenvalue weighted by Gasteiger charge is -2.14. The van der Waals surface area contributed by atoms with E-state index < -0.39 is 6.10 Å². The highest BCUT2D eigenvalue weighted by atomic mass is 79.9. The van der Waals surface area contributed by atoms with E-state index in [1.807, 2.05) is 0 Å². The van der Waals surface area contributed by atoms with Gasteiger partial charge in [-0.05, 0) is 41.1 Å². The van der Waals surface area contributed by atoms with Crippen LogP contribution in [-0.2, 0) is 4.79 Å². The number of nitrogens with zero attached hydrogens (tertiary/aromatic N) is 2. The predicted octanol–water partition coefficient (Wildman–Crippen LogP) is 2.63. The number of carbonyl (C=O) groups is 1. The molecule has 100 valence electrons. The van der Waals surface area contributed by atoms with Crippen molar-refractivity contribution in [2.24, 2.45) is 0 Å². The van der Waals surface area contributed by atoms with Crippen molar-refractivity contribution in [3.63, 3.8) is 0 Å². The molecule has 0 saturated heterocycles. The molecule has 1 atom stereocenters. The Bertz CT molecular complexity index is 576. The highest BCUT2D eigenvalue weighted by molar-refractivity contribution is 9.10. The number of benzene rings is 1. The standard InChI is InChI=1S/C11H10BrClN4O2/c1-6(10(18)16-11-14-5-15-17-11)19-9-3-2-7(13)4-8(9)12/h2-6H,1H3,(H2,14,15,16,17,18)/t6-/m0/s1. The average molecular weight is 346 g/mol. The van der Waals surface area contributed by atoms with E-state index in [-0.39, 0.29) is 11.9 Å². The summed E-state index contributed by atoms with van der Waals surface area (Å²) in [6.45, 7) is 1.63. The van der Waals surface area contributed by atoms with Crippen LogP contribution in [0.15, 0.2) is 29.0 Å². The molecule has 1 heterocycles. The number of H-pyrrole nitrogens is 1. The van der Waals surface area contributed by atoms with E-state index in [4.69, 9.17) is 16.3 Å². The van der Waals surface area contributed by atoms with Gasteiger partial charge in [-0.2, -0.15) is 10.1 Å². The Balaban J connectivity index is 2.00. The molecule has 0 aliphatic heterocycles. The van der Waals surface area contributed by atoms with Gasteiger partial charge < -0.3 is 4.74 Å². The van der Waals surface area contributed by atoms with Crippen LogP contribution >= 0.6 is 27.5 Å². The van der Waals surface area contributed by atoms with Crippen LogP contribution in [0.5, 0.6) is 5.75 Å². The molecule has 0 saturated carbocycles. The quantitative estimate of drug-likeness (QED) is 0.892. The molecule has 0 spiro atoms. The Morgan fingerprint density at radius 1 is 1.58 bits per heavy atom. The predicted molar refractivity (Wildman–Crippen MR) is 74.3 cm³/mol. The van der Waals surface area contributed by atoms with Gasteiger partial charge in [0.05, 0.1) is 4.47 Å². The van der Waals surface area contributed by atoms with Crippen LogP contribution < -0.4 is 10.1 Å². The molecule has 2 N–H and O–H groups in total. The Kier molecular flexibility index (Phi) is 4.39. The van der Waals surface area contributed by atoms with Gasteiger partial charge in [0.25, 0.3) is 5.91 Å². The molecule has 1 amide bonds. The van der Waals surface area contributed by atoms with Crippen LogP contribution in [0.4, 0.5) is 5.95 Å². The zero-order chi connectivity index (χ0) is 13.8. The van der Waals surface area contributed by atoms with Crippen molar-refractivity contribution in [2.45, 2.75) is 13.0 Å². The van der Waals surface area contributed by atoms with Crippen LogP contribution in [-0.4, -0.2) is 27.2 Å². The van der Waals surface area contributed by atoms with Gasteiger partial charge in [-0.3, -0.25) is 10.1 Å². The minimum absolute atomic E-state index is 0.274.